The normalized spacial score (nSPS) is 16.8. The van der Waals surface area contributed by atoms with Crippen LogP contribution in [0.5, 0.6) is 0 Å². The van der Waals surface area contributed by atoms with Crippen LogP contribution in [0.4, 0.5) is 10.9 Å². The van der Waals surface area contributed by atoms with Crippen molar-refractivity contribution in [1.82, 2.24) is 30.3 Å². The van der Waals surface area contributed by atoms with Crippen LogP contribution in [0.1, 0.15) is 36.4 Å². The zero-order chi connectivity index (χ0) is 20.4. The molecule has 11 heteroatoms. The van der Waals surface area contributed by atoms with Gasteiger partial charge in [-0.05, 0) is 26.7 Å². The Balaban J connectivity index is 1.56. The predicted molar refractivity (Wildman–Crippen MR) is 108 cm³/mol. The minimum Gasteiger partial charge on any atom is -0.355 e. The van der Waals surface area contributed by atoms with E-state index in [0.717, 1.165) is 24.4 Å². The van der Waals surface area contributed by atoms with E-state index in [-0.39, 0.29) is 11.8 Å². The van der Waals surface area contributed by atoms with Crippen LogP contribution in [-0.2, 0) is 11.2 Å². The summed E-state index contributed by atoms with van der Waals surface area (Å²) in [5.74, 6) is 2.17. The molecule has 4 heterocycles. The molecule has 29 heavy (non-hydrogen) atoms. The van der Waals surface area contributed by atoms with Gasteiger partial charge in [-0.3, -0.25) is 4.79 Å². The number of hydrogen-bond acceptors (Lipinski definition) is 10. The monoisotopic (exact) mass is 414 g/mol. The second kappa shape index (κ2) is 8.19. The summed E-state index contributed by atoms with van der Waals surface area (Å²) >= 11 is 1.37. The van der Waals surface area contributed by atoms with Crippen molar-refractivity contribution in [3.05, 3.63) is 22.9 Å². The first-order valence-corrected chi connectivity index (χ1v) is 10.4. The summed E-state index contributed by atoms with van der Waals surface area (Å²) in [6.07, 6.45) is 4.07. The van der Waals surface area contributed by atoms with E-state index >= 15 is 0 Å². The van der Waals surface area contributed by atoms with Crippen molar-refractivity contribution in [2.24, 2.45) is 5.92 Å². The molecule has 1 fully saturated rings. The Kier molecular flexibility index (Phi) is 5.47. The summed E-state index contributed by atoms with van der Waals surface area (Å²) in [4.78, 5) is 28.2. The Bertz CT molecular complexity index is 1020. The van der Waals surface area contributed by atoms with Gasteiger partial charge < -0.3 is 14.7 Å². The molecule has 1 N–H and O–H groups in total. The van der Waals surface area contributed by atoms with E-state index in [1.807, 2.05) is 20.8 Å². The van der Waals surface area contributed by atoms with Crippen LogP contribution in [0, 0.1) is 19.8 Å². The first-order valence-electron chi connectivity index (χ1n) is 9.56. The molecule has 1 aliphatic heterocycles. The zero-order valence-corrected chi connectivity index (χ0v) is 17.4. The number of aryl methyl sites for hydroxylation is 3. The Hall–Kier alpha value is -2.95. The Morgan fingerprint density at radius 3 is 2.93 bits per heavy atom. The van der Waals surface area contributed by atoms with Crippen LogP contribution in [-0.4, -0.2) is 49.3 Å². The molecule has 0 aromatic carbocycles. The summed E-state index contributed by atoms with van der Waals surface area (Å²) < 4.78 is 5.41. The quantitative estimate of drug-likeness (QED) is 0.670. The SMILES string of the molecule is CCc1noc(-c2cnc(C)nc2N2CCCC(C(=O)Nc3nnc(C)s3)C2)n1. The number of piperidine rings is 1. The summed E-state index contributed by atoms with van der Waals surface area (Å²) in [5, 5.41) is 16.1. The number of aromatic nitrogens is 6. The molecule has 4 rings (SSSR count). The average Bonchev–Trinajstić information content (AvgIpc) is 3.37. The van der Waals surface area contributed by atoms with Crippen LogP contribution < -0.4 is 10.2 Å². The number of carbonyl (C=O) groups is 1. The highest BCUT2D eigenvalue weighted by molar-refractivity contribution is 7.15. The van der Waals surface area contributed by atoms with E-state index in [1.165, 1.54) is 11.3 Å². The zero-order valence-electron chi connectivity index (χ0n) is 16.5. The van der Waals surface area contributed by atoms with Gasteiger partial charge in [0.1, 0.15) is 22.2 Å². The highest BCUT2D eigenvalue weighted by atomic mass is 32.1. The van der Waals surface area contributed by atoms with E-state index in [1.54, 1.807) is 6.20 Å². The summed E-state index contributed by atoms with van der Waals surface area (Å²) in [6.45, 7) is 7.00. The molecule has 0 radical (unpaired) electrons. The van der Waals surface area contributed by atoms with Crippen LogP contribution in [0.3, 0.4) is 0 Å². The standard InChI is InChI=1S/C18H22N8O2S/c1-4-14-21-17(28-25-14)13-8-19-10(2)20-15(13)26-7-5-6-12(9-26)16(27)22-18-24-23-11(3)29-18/h8,12H,4-7,9H2,1-3H3,(H,22,24,27). The fraction of sp³-hybridized carbons (Fsp3) is 0.500. The van der Waals surface area contributed by atoms with Crippen molar-refractivity contribution in [3.8, 4) is 11.5 Å². The lowest BCUT2D eigenvalue weighted by atomic mass is 9.97. The average molecular weight is 414 g/mol. The second-order valence-corrected chi connectivity index (χ2v) is 8.11. The van der Waals surface area contributed by atoms with Crippen LogP contribution in [0.15, 0.2) is 10.7 Å². The van der Waals surface area contributed by atoms with Crippen molar-refractivity contribution in [1.29, 1.82) is 0 Å². The van der Waals surface area contributed by atoms with Gasteiger partial charge in [0.15, 0.2) is 5.82 Å². The van der Waals surface area contributed by atoms with Crippen molar-refractivity contribution in [2.75, 3.05) is 23.3 Å². The first-order chi connectivity index (χ1) is 14.0. The number of nitrogens with one attached hydrogen (secondary N) is 1. The van der Waals surface area contributed by atoms with Crippen LogP contribution >= 0.6 is 11.3 Å². The molecule has 10 nitrogen and oxygen atoms in total. The maximum Gasteiger partial charge on any atom is 0.263 e. The van der Waals surface area contributed by atoms with E-state index in [0.29, 0.717) is 47.0 Å². The Morgan fingerprint density at radius 2 is 2.21 bits per heavy atom. The van der Waals surface area contributed by atoms with Gasteiger partial charge in [0, 0.05) is 25.7 Å². The molecule has 0 saturated carbocycles. The molecular weight excluding hydrogens is 392 g/mol. The van der Waals surface area contributed by atoms with E-state index in [4.69, 9.17) is 4.52 Å². The Morgan fingerprint density at radius 1 is 1.34 bits per heavy atom. The minimum absolute atomic E-state index is 0.0516. The number of rotatable bonds is 5. The van der Waals surface area contributed by atoms with Crippen molar-refractivity contribution in [2.45, 2.75) is 40.0 Å². The van der Waals surface area contributed by atoms with Crippen LogP contribution in [0.2, 0.25) is 0 Å². The molecule has 1 amide bonds. The van der Waals surface area contributed by atoms with Crippen molar-refractivity contribution >= 4 is 28.2 Å². The number of carbonyl (C=O) groups excluding carboxylic acids is 1. The highest BCUT2D eigenvalue weighted by Crippen LogP contribution is 2.31. The van der Waals surface area contributed by atoms with Gasteiger partial charge in [-0.25, -0.2) is 9.97 Å². The summed E-state index contributed by atoms with van der Waals surface area (Å²) in [6, 6.07) is 0. The fourth-order valence-corrected chi connectivity index (χ4v) is 3.89. The second-order valence-electron chi connectivity index (χ2n) is 6.92. The third kappa shape index (κ3) is 4.24. The molecule has 1 aliphatic rings. The van der Waals surface area contributed by atoms with E-state index < -0.39 is 0 Å². The maximum absolute atomic E-state index is 12.7. The topological polar surface area (TPSA) is 123 Å². The summed E-state index contributed by atoms with van der Waals surface area (Å²) in [7, 11) is 0. The van der Waals surface area contributed by atoms with Gasteiger partial charge in [-0.1, -0.05) is 23.4 Å². The van der Waals surface area contributed by atoms with Gasteiger partial charge in [0.05, 0.1) is 5.92 Å². The molecule has 1 saturated heterocycles. The minimum atomic E-state index is -0.176. The predicted octanol–water partition coefficient (Wildman–Crippen LogP) is 2.41. The molecule has 1 atom stereocenters. The number of anilines is 2. The first kappa shape index (κ1) is 19.4. The van der Waals surface area contributed by atoms with Gasteiger partial charge in [-0.15, -0.1) is 10.2 Å². The molecule has 1 unspecified atom stereocenters. The molecule has 152 valence electrons. The smallest absolute Gasteiger partial charge is 0.263 e. The largest absolute Gasteiger partial charge is 0.355 e. The maximum atomic E-state index is 12.7. The molecule has 0 bridgehead atoms. The van der Waals surface area contributed by atoms with Gasteiger partial charge >= 0.3 is 0 Å². The van der Waals surface area contributed by atoms with E-state index in [9.17, 15) is 4.79 Å². The molecule has 3 aromatic rings. The lowest BCUT2D eigenvalue weighted by Crippen LogP contribution is -2.41. The van der Waals surface area contributed by atoms with Gasteiger partial charge in [-0.2, -0.15) is 4.98 Å². The number of nitrogens with zero attached hydrogens (tertiary/aromatic N) is 7. The highest BCUT2D eigenvalue weighted by Gasteiger charge is 2.29. The third-order valence-corrected chi connectivity index (χ3v) is 5.51. The lowest BCUT2D eigenvalue weighted by molar-refractivity contribution is -0.120. The fourth-order valence-electron chi connectivity index (χ4n) is 3.30. The Labute approximate surface area is 171 Å². The van der Waals surface area contributed by atoms with Gasteiger partial charge in [0.25, 0.3) is 5.89 Å². The molecular formula is C18H22N8O2S. The third-order valence-electron chi connectivity index (χ3n) is 4.75. The number of amides is 1. The lowest BCUT2D eigenvalue weighted by Gasteiger charge is -2.33. The van der Waals surface area contributed by atoms with Crippen LogP contribution in [0.25, 0.3) is 11.5 Å². The van der Waals surface area contributed by atoms with Crippen molar-refractivity contribution < 1.29 is 9.32 Å². The van der Waals surface area contributed by atoms with Crippen molar-refractivity contribution in [3.63, 3.8) is 0 Å². The molecule has 0 aliphatic carbocycles. The number of hydrogen-bond donors (Lipinski definition) is 1. The molecule has 3 aromatic heterocycles. The molecule has 0 spiro atoms. The summed E-state index contributed by atoms with van der Waals surface area (Å²) in [5.41, 5.74) is 0.684. The van der Waals surface area contributed by atoms with E-state index in [2.05, 4.69) is 40.5 Å². The van der Waals surface area contributed by atoms with Gasteiger partial charge in [0.2, 0.25) is 11.0 Å².